The molecule has 1 aliphatic rings. The Morgan fingerprint density at radius 1 is 0.979 bits per heavy atom. The summed E-state index contributed by atoms with van der Waals surface area (Å²) >= 11 is 6.75. The SMILES string of the molecule is Cc1c(COc2cc(OCc3cncc(C#N)c3)c(CN(CCCO)CCS(=O)(=O)O)cc2Cl)cccc1-c1ccc2c(c1)OCCO2. The second kappa shape index (κ2) is 16.1. The molecule has 2 N–H and O–H groups in total. The third-order valence-electron chi connectivity index (χ3n) is 7.81. The van der Waals surface area contributed by atoms with Gasteiger partial charge in [-0.2, -0.15) is 13.7 Å². The number of pyridine rings is 1. The summed E-state index contributed by atoms with van der Waals surface area (Å²) in [6.07, 6.45) is 3.46. The lowest BCUT2D eigenvalue weighted by atomic mass is 9.96. The maximum atomic E-state index is 11.5. The van der Waals surface area contributed by atoms with E-state index in [2.05, 4.69) is 11.1 Å². The molecule has 48 heavy (non-hydrogen) atoms. The van der Waals surface area contributed by atoms with Crippen LogP contribution in [0.2, 0.25) is 5.02 Å². The quantitative estimate of drug-likeness (QED) is 0.150. The highest BCUT2D eigenvalue weighted by Crippen LogP contribution is 2.38. The van der Waals surface area contributed by atoms with Crippen molar-refractivity contribution >= 4 is 21.7 Å². The van der Waals surface area contributed by atoms with Crippen molar-refractivity contribution in [3.8, 4) is 40.2 Å². The summed E-state index contributed by atoms with van der Waals surface area (Å²) in [5, 5.41) is 19.0. The van der Waals surface area contributed by atoms with Crippen molar-refractivity contribution in [1.29, 1.82) is 5.26 Å². The number of nitrogens with zero attached hydrogens (tertiary/aromatic N) is 3. The predicted octanol–water partition coefficient (Wildman–Crippen LogP) is 5.58. The summed E-state index contributed by atoms with van der Waals surface area (Å²) in [6.45, 7) is 3.90. The van der Waals surface area contributed by atoms with Crippen molar-refractivity contribution in [3.05, 3.63) is 99.8 Å². The standard InChI is InChI=1S/C35H36ClN3O8S/c1-24-28(4-2-5-30(24)27-6-7-32-35(16-27)45-12-11-44-32)23-47-34-17-33(46-22-26-14-25(18-37)19-38-20-26)29(15-31(34)36)21-39(8-3-10-40)9-13-48(41,42)43/h2,4-7,14-17,19-20,40H,3,8-13,21-23H2,1H3,(H,41,42,43). The van der Waals surface area contributed by atoms with Gasteiger partial charge in [0, 0.05) is 55.8 Å². The van der Waals surface area contributed by atoms with Gasteiger partial charge in [-0.3, -0.25) is 14.4 Å². The zero-order chi connectivity index (χ0) is 34.1. The summed E-state index contributed by atoms with van der Waals surface area (Å²) in [5.41, 5.74) is 5.71. The minimum atomic E-state index is -4.20. The Kier molecular flexibility index (Phi) is 11.8. The van der Waals surface area contributed by atoms with E-state index in [9.17, 15) is 23.3 Å². The Balaban J connectivity index is 1.40. The molecule has 13 heteroatoms. The molecule has 0 unspecified atom stereocenters. The van der Waals surface area contributed by atoms with Crippen LogP contribution < -0.4 is 18.9 Å². The second-order valence-corrected chi connectivity index (χ2v) is 13.2. The van der Waals surface area contributed by atoms with Crippen molar-refractivity contribution in [2.45, 2.75) is 33.1 Å². The Labute approximate surface area is 285 Å². The van der Waals surface area contributed by atoms with E-state index in [-0.39, 0.29) is 32.9 Å². The van der Waals surface area contributed by atoms with Gasteiger partial charge in [0.25, 0.3) is 10.1 Å². The maximum absolute atomic E-state index is 11.5. The first kappa shape index (κ1) is 34.9. The van der Waals surface area contributed by atoms with Gasteiger partial charge in [-0.05, 0) is 59.9 Å². The second-order valence-electron chi connectivity index (χ2n) is 11.2. The van der Waals surface area contributed by atoms with Crippen molar-refractivity contribution < 1.29 is 37.0 Å². The van der Waals surface area contributed by atoms with E-state index < -0.39 is 15.9 Å². The van der Waals surface area contributed by atoms with Crippen LogP contribution in [0, 0.1) is 18.3 Å². The minimum Gasteiger partial charge on any atom is -0.488 e. The lowest BCUT2D eigenvalue weighted by Gasteiger charge is -2.24. The number of halogens is 1. The zero-order valence-electron chi connectivity index (χ0n) is 26.4. The normalized spacial score (nSPS) is 12.5. The molecule has 2 heterocycles. The number of rotatable bonds is 15. The average Bonchev–Trinajstić information content (AvgIpc) is 3.08. The summed E-state index contributed by atoms with van der Waals surface area (Å²) in [6, 6.07) is 19.0. The van der Waals surface area contributed by atoms with Crippen LogP contribution in [0.4, 0.5) is 0 Å². The van der Waals surface area contributed by atoms with Gasteiger partial charge >= 0.3 is 0 Å². The van der Waals surface area contributed by atoms with Gasteiger partial charge in [0.05, 0.1) is 16.3 Å². The van der Waals surface area contributed by atoms with E-state index in [0.29, 0.717) is 65.1 Å². The summed E-state index contributed by atoms with van der Waals surface area (Å²) in [4.78, 5) is 5.88. The van der Waals surface area contributed by atoms with E-state index in [1.807, 2.05) is 43.3 Å². The Bertz CT molecular complexity index is 1900. The monoisotopic (exact) mass is 693 g/mol. The van der Waals surface area contributed by atoms with Gasteiger partial charge < -0.3 is 24.1 Å². The number of aliphatic hydroxyl groups excluding tert-OH is 1. The van der Waals surface area contributed by atoms with Crippen LogP contribution in [0.25, 0.3) is 11.1 Å². The van der Waals surface area contributed by atoms with Crippen LogP contribution in [-0.4, -0.2) is 66.6 Å². The van der Waals surface area contributed by atoms with Gasteiger partial charge in [0.1, 0.15) is 44.0 Å². The highest BCUT2D eigenvalue weighted by atomic mass is 35.5. The highest BCUT2D eigenvalue weighted by Gasteiger charge is 2.19. The molecule has 252 valence electrons. The van der Waals surface area contributed by atoms with E-state index in [4.69, 9.17) is 30.5 Å². The fourth-order valence-corrected chi connectivity index (χ4v) is 6.03. The Morgan fingerprint density at radius 2 is 1.77 bits per heavy atom. The molecule has 0 saturated heterocycles. The summed E-state index contributed by atoms with van der Waals surface area (Å²) in [5.74, 6) is 1.77. The van der Waals surface area contributed by atoms with E-state index in [0.717, 1.165) is 28.0 Å². The fraction of sp³-hybridized carbons (Fsp3) is 0.314. The number of hydrogen-bond donors (Lipinski definition) is 2. The average molecular weight is 694 g/mol. The summed E-state index contributed by atoms with van der Waals surface area (Å²) in [7, 11) is -4.20. The van der Waals surface area contributed by atoms with Crippen LogP contribution in [0.15, 0.2) is 67.0 Å². The molecule has 0 saturated carbocycles. The van der Waals surface area contributed by atoms with Crippen LogP contribution >= 0.6 is 11.6 Å². The third-order valence-corrected chi connectivity index (χ3v) is 8.80. The van der Waals surface area contributed by atoms with Crippen LogP contribution in [0.5, 0.6) is 23.0 Å². The first-order valence-electron chi connectivity index (χ1n) is 15.3. The first-order valence-corrected chi connectivity index (χ1v) is 17.3. The number of ether oxygens (including phenoxy) is 4. The van der Waals surface area contributed by atoms with E-state index in [1.54, 1.807) is 29.3 Å². The predicted molar refractivity (Wildman–Crippen MR) is 180 cm³/mol. The third kappa shape index (κ3) is 9.37. The smallest absolute Gasteiger partial charge is 0.266 e. The van der Waals surface area contributed by atoms with Crippen molar-refractivity contribution in [2.75, 3.05) is 38.7 Å². The van der Waals surface area contributed by atoms with Crippen LogP contribution in [0.1, 0.15) is 34.2 Å². The molecule has 5 rings (SSSR count). The van der Waals surface area contributed by atoms with E-state index >= 15 is 0 Å². The number of aromatic nitrogens is 1. The lowest BCUT2D eigenvalue weighted by Crippen LogP contribution is -2.30. The number of hydrogen-bond acceptors (Lipinski definition) is 10. The fourth-order valence-electron chi connectivity index (χ4n) is 5.30. The Morgan fingerprint density at radius 3 is 2.54 bits per heavy atom. The molecular weight excluding hydrogens is 658 g/mol. The van der Waals surface area contributed by atoms with Gasteiger partial charge in [-0.15, -0.1) is 0 Å². The largest absolute Gasteiger partial charge is 0.488 e. The van der Waals surface area contributed by atoms with E-state index in [1.165, 1.54) is 6.20 Å². The van der Waals surface area contributed by atoms with Crippen molar-refractivity contribution in [3.63, 3.8) is 0 Å². The molecule has 11 nitrogen and oxygen atoms in total. The van der Waals surface area contributed by atoms with Crippen molar-refractivity contribution in [1.82, 2.24) is 9.88 Å². The molecule has 0 spiro atoms. The molecule has 4 aromatic rings. The van der Waals surface area contributed by atoms with Crippen molar-refractivity contribution in [2.24, 2.45) is 0 Å². The molecule has 0 atom stereocenters. The lowest BCUT2D eigenvalue weighted by molar-refractivity contribution is 0.171. The molecular formula is C35H36ClN3O8S. The number of fused-ring (bicyclic) bond motifs is 1. The molecule has 3 aromatic carbocycles. The molecule has 0 amide bonds. The molecule has 0 bridgehead atoms. The summed E-state index contributed by atoms with van der Waals surface area (Å²) < 4.78 is 56.2. The molecule has 0 aliphatic carbocycles. The van der Waals surface area contributed by atoms with Gasteiger partial charge in [0.15, 0.2) is 11.5 Å². The zero-order valence-corrected chi connectivity index (χ0v) is 28.0. The first-order chi connectivity index (χ1) is 23.1. The topological polar surface area (TPSA) is 151 Å². The minimum absolute atomic E-state index is 0.0290. The molecule has 1 aliphatic heterocycles. The maximum Gasteiger partial charge on any atom is 0.266 e. The number of aliphatic hydroxyl groups is 1. The Hall–Kier alpha value is -4.38. The molecule has 0 radical (unpaired) electrons. The number of benzene rings is 3. The van der Waals surface area contributed by atoms with Crippen LogP contribution in [-0.2, 0) is 29.9 Å². The van der Waals surface area contributed by atoms with Gasteiger partial charge in [-0.1, -0.05) is 35.9 Å². The van der Waals surface area contributed by atoms with Gasteiger partial charge in [-0.25, -0.2) is 0 Å². The van der Waals surface area contributed by atoms with Crippen LogP contribution in [0.3, 0.4) is 0 Å². The highest BCUT2D eigenvalue weighted by molar-refractivity contribution is 7.85. The van der Waals surface area contributed by atoms with Gasteiger partial charge in [0.2, 0.25) is 0 Å². The molecule has 1 aromatic heterocycles. The molecule has 0 fully saturated rings. The number of nitriles is 1.